The molecule has 0 fully saturated rings. The van der Waals surface area contributed by atoms with E-state index in [1.807, 2.05) is 12.2 Å². The van der Waals surface area contributed by atoms with Crippen molar-refractivity contribution >= 4 is 23.2 Å². The molecular weight excluding hydrogens is 383 g/mol. The zero-order valence-electron chi connectivity index (χ0n) is 13.8. The predicted octanol–water partition coefficient (Wildman–Crippen LogP) is 4.67. The lowest BCUT2D eigenvalue weighted by atomic mass is 10.1. The first-order valence-electron chi connectivity index (χ1n) is 8.12. The third-order valence-corrected chi connectivity index (χ3v) is 4.73. The van der Waals surface area contributed by atoms with Gasteiger partial charge in [0.2, 0.25) is 0 Å². The molecule has 4 rings (SSSR count). The van der Waals surface area contributed by atoms with Crippen LogP contribution in [-0.2, 0) is 6.18 Å². The van der Waals surface area contributed by atoms with Gasteiger partial charge in [0, 0.05) is 30.4 Å². The van der Waals surface area contributed by atoms with Gasteiger partial charge in [-0.3, -0.25) is 9.20 Å². The first kappa shape index (κ1) is 17.7. The van der Waals surface area contributed by atoms with Gasteiger partial charge in [-0.05, 0) is 18.6 Å². The summed E-state index contributed by atoms with van der Waals surface area (Å²) in [6.07, 6.45) is 3.88. The average molecular weight is 396 g/mol. The lowest BCUT2D eigenvalue weighted by Crippen LogP contribution is -2.34. The Hall–Kier alpha value is -2.74. The van der Waals surface area contributed by atoms with Gasteiger partial charge in [0.25, 0.3) is 5.91 Å². The van der Waals surface area contributed by atoms with Gasteiger partial charge in [-0.25, -0.2) is 4.98 Å². The molecule has 140 valence electrons. The van der Waals surface area contributed by atoms with E-state index < -0.39 is 23.3 Å². The smallest absolute Gasteiger partial charge is 0.420 e. The zero-order valence-corrected chi connectivity index (χ0v) is 14.6. The number of hydrogen-bond acceptors (Lipinski definition) is 3. The number of aromatic nitrogens is 2. The molecule has 3 aromatic heterocycles. The zero-order chi connectivity index (χ0) is 19.2. The molecule has 0 aromatic carbocycles. The van der Waals surface area contributed by atoms with Crippen LogP contribution in [0.5, 0.6) is 0 Å². The van der Waals surface area contributed by atoms with Crippen molar-refractivity contribution in [2.45, 2.75) is 12.6 Å². The SMILES string of the molecule is O=C(c1nc2c(C(F)(F)F)cc(-c3ccoc3)cn2c1Cl)N1CC=CCC1. The first-order chi connectivity index (χ1) is 12.9. The maximum absolute atomic E-state index is 13.6. The molecule has 0 atom stereocenters. The van der Waals surface area contributed by atoms with Gasteiger partial charge in [0.05, 0.1) is 18.1 Å². The van der Waals surface area contributed by atoms with Crippen LogP contribution in [0.2, 0.25) is 5.15 Å². The summed E-state index contributed by atoms with van der Waals surface area (Å²) in [5, 5.41) is -0.152. The fourth-order valence-corrected chi connectivity index (χ4v) is 3.28. The Balaban J connectivity index is 1.90. The van der Waals surface area contributed by atoms with E-state index in [0.717, 1.165) is 10.5 Å². The number of fused-ring (bicyclic) bond motifs is 1. The molecule has 0 saturated carbocycles. The molecule has 3 aromatic rings. The summed E-state index contributed by atoms with van der Waals surface area (Å²) in [5.41, 5.74) is -0.859. The van der Waals surface area contributed by atoms with Gasteiger partial charge >= 0.3 is 6.18 Å². The van der Waals surface area contributed by atoms with Crippen molar-refractivity contribution in [3.63, 3.8) is 0 Å². The molecule has 0 saturated heterocycles. The minimum Gasteiger partial charge on any atom is -0.472 e. The van der Waals surface area contributed by atoms with Crippen molar-refractivity contribution in [2.24, 2.45) is 0 Å². The van der Waals surface area contributed by atoms with Crippen LogP contribution in [-0.4, -0.2) is 33.3 Å². The first-order valence-corrected chi connectivity index (χ1v) is 8.49. The lowest BCUT2D eigenvalue weighted by molar-refractivity contribution is -0.136. The highest BCUT2D eigenvalue weighted by molar-refractivity contribution is 6.33. The van der Waals surface area contributed by atoms with Crippen molar-refractivity contribution in [3.8, 4) is 11.1 Å². The molecule has 0 radical (unpaired) electrons. The number of hydrogen-bond donors (Lipinski definition) is 0. The summed E-state index contributed by atoms with van der Waals surface area (Å²) >= 11 is 6.27. The van der Waals surface area contributed by atoms with Gasteiger partial charge in [0.15, 0.2) is 11.3 Å². The molecule has 5 nitrogen and oxygen atoms in total. The third kappa shape index (κ3) is 3.10. The molecule has 0 spiro atoms. The molecule has 1 aliphatic rings. The molecular formula is C18H13ClF3N3O2. The maximum atomic E-state index is 13.6. The minimum atomic E-state index is -4.66. The summed E-state index contributed by atoms with van der Waals surface area (Å²) < 4.78 is 46.9. The van der Waals surface area contributed by atoms with Crippen LogP contribution in [0.3, 0.4) is 0 Å². The number of rotatable bonds is 2. The van der Waals surface area contributed by atoms with Gasteiger partial charge in [-0.15, -0.1) is 0 Å². The van der Waals surface area contributed by atoms with Crippen LogP contribution in [0.4, 0.5) is 13.2 Å². The van der Waals surface area contributed by atoms with Crippen molar-refractivity contribution in [1.82, 2.24) is 14.3 Å². The Morgan fingerprint density at radius 3 is 2.70 bits per heavy atom. The molecule has 1 aliphatic heterocycles. The number of nitrogens with zero attached hydrogens (tertiary/aromatic N) is 3. The van der Waals surface area contributed by atoms with E-state index in [1.54, 1.807) is 0 Å². The Morgan fingerprint density at radius 2 is 2.07 bits per heavy atom. The molecule has 0 bridgehead atoms. The average Bonchev–Trinajstić information content (AvgIpc) is 3.29. The molecule has 27 heavy (non-hydrogen) atoms. The second-order valence-electron chi connectivity index (χ2n) is 6.11. The number of halogens is 4. The van der Waals surface area contributed by atoms with Crippen LogP contribution < -0.4 is 0 Å². The third-order valence-electron chi connectivity index (χ3n) is 4.37. The monoisotopic (exact) mass is 395 g/mol. The normalized spacial score (nSPS) is 14.9. The van der Waals surface area contributed by atoms with E-state index in [-0.39, 0.29) is 16.4 Å². The Bertz CT molecular complexity index is 1040. The Labute approximate surface area is 156 Å². The largest absolute Gasteiger partial charge is 0.472 e. The maximum Gasteiger partial charge on any atom is 0.420 e. The van der Waals surface area contributed by atoms with E-state index >= 15 is 0 Å². The number of alkyl halides is 3. The summed E-state index contributed by atoms with van der Waals surface area (Å²) in [6, 6.07) is 2.51. The highest BCUT2D eigenvalue weighted by Gasteiger charge is 2.36. The predicted molar refractivity (Wildman–Crippen MR) is 92.6 cm³/mol. The molecule has 0 unspecified atom stereocenters. The quantitative estimate of drug-likeness (QED) is 0.592. The Kier molecular flexibility index (Phi) is 4.22. The van der Waals surface area contributed by atoms with Crippen molar-refractivity contribution < 1.29 is 22.4 Å². The highest BCUT2D eigenvalue weighted by atomic mass is 35.5. The second-order valence-corrected chi connectivity index (χ2v) is 6.47. The van der Waals surface area contributed by atoms with E-state index in [0.29, 0.717) is 25.1 Å². The number of furan rings is 1. The molecule has 9 heteroatoms. The van der Waals surface area contributed by atoms with Crippen LogP contribution in [0.25, 0.3) is 16.8 Å². The lowest BCUT2D eigenvalue weighted by Gasteiger charge is -2.22. The molecule has 1 amide bonds. The highest BCUT2D eigenvalue weighted by Crippen LogP contribution is 2.37. The fourth-order valence-electron chi connectivity index (χ4n) is 3.02. The van der Waals surface area contributed by atoms with Crippen molar-refractivity contribution in [3.05, 3.63) is 59.4 Å². The van der Waals surface area contributed by atoms with Crippen molar-refractivity contribution in [2.75, 3.05) is 13.1 Å². The Morgan fingerprint density at radius 1 is 1.26 bits per heavy atom. The van der Waals surface area contributed by atoms with Crippen LogP contribution in [0, 0.1) is 0 Å². The van der Waals surface area contributed by atoms with Crippen LogP contribution >= 0.6 is 11.6 Å². The van der Waals surface area contributed by atoms with Crippen molar-refractivity contribution in [1.29, 1.82) is 0 Å². The summed E-state index contributed by atoms with van der Waals surface area (Å²) in [4.78, 5) is 18.1. The minimum absolute atomic E-state index is 0.152. The van der Waals surface area contributed by atoms with E-state index in [1.165, 1.54) is 29.7 Å². The van der Waals surface area contributed by atoms with Gasteiger partial charge in [0.1, 0.15) is 5.15 Å². The summed E-state index contributed by atoms with van der Waals surface area (Å²) in [5.74, 6) is -0.494. The number of imidazole rings is 1. The van der Waals surface area contributed by atoms with Crippen LogP contribution in [0.1, 0.15) is 22.5 Å². The van der Waals surface area contributed by atoms with E-state index in [2.05, 4.69) is 4.98 Å². The van der Waals surface area contributed by atoms with Gasteiger partial charge in [-0.1, -0.05) is 23.8 Å². The number of carbonyl (C=O) groups is 1. The van der Waals surface area contributed by atoms with Gasteiger partial charge in [-0.2, -0.15) is 13.2 Å². The summed E-state index contributed by atoms with van der Waals surface area (Å²) in [7, 11) is 0. The van der Waals surface area contributed by atoms with Gasteiger partial charge < -0.3 is 9.32 Å². The molecule has 0 aliphatic carbocycles. The molecule has 0 N–H and O–H groups in total. The fraction of sp³-hybridized carbons (Fsp3) is 0.222. The van der Waals surface area contributed by atoms with E-state index in [4.69, 9.17) is 16.0 Å². The standard InChI is InChI=1S/C18H13ClF3N3O2/c19-15-14(17(26)24-5-2-1-3-6-24)23-16-13(18(20,21)22)8-12(9-25(15)16)11-4-7-27-10-11/h1-2,4,7-10H,3,5-6H2. The number of amides is 1. The molecule has 4 heterocycles. The topological polar surface area (TPSA) is 50.8 Å². The second kappa shape index (κ2) is 6.45. The number of carbonyl (C=O) groups excluding carboxylic acids is 1. The van der Waals surface area contributed by atoms with Crippen LogP contribution in [0.15, 0.2) is 47.4 Å². The number of pyridine rings is 1. The van der Waals surface area contributed by atoms with E-state index in [9.17, 15) is 18.0 Å². The summed E-state index contributed by atoms with van der Waals surface area (Å²) in [6.45, 7) is 0.835.